The third-order valence-electron chi connectivity index (χ3n) is 4.11. The van der Waals surface area contributed by atoms with Gasteiger partial charge in [-0.1, -0.05) is 40.9 Å². The summed E-state index contributed by atoms with van der Waals surface area (Å²) in [6.45, 7) is -0.476. The Bertz CT molecular complexity index is 1060. The van der Waals surface area contributed by atoms with Crippen LogP contribution in [0.5, 0.6) is 0 Å². The first-order chi connectivity index (χ1) is 14.8. The fourth-order valence-electron chi connectivity index (χ4n) is 2.58. The van der Waals surface area contributed by atoms with Crippen LogP contribution in [0.15, 0.2) is 36.4 Å². The van der Waals surface area contributed by atoms with Gasteiger partial charge < -0.3 is 5.32 Å². The maximum atomic E-state index is 13.1. The molecule has 0 aromatic heterocycles. The van der Waals surface area contributed by atoms with Crippen molar-refractivity contribution in [2.45, 2.75) is 11.9 Å². The second-order valence-electron chi connectivity index (χ2n) is 6.53. The Kier molecular flexibility index (Phi) is 9.42. The van der Waals surface area contributed by atoms with Gasteiger partial charge in [-0.25, -0.2) is 8.42 Å². The van der Waals surface area contributed by atoms with Gasteiger partial charge in [-0.2, -0.15) is 24.9 Å². The number of anilines is 1. The molecule has 176 valence electrons. The van der Waals surface area contributed by atoms with Crippen molar-refractivity contribution >= 4 is 68.2 Å². The van der Waals surface area contributed by atoms with Crippen LogP contribution < -0.4 is 9.62 Å². The van der Waals surface area contributed by atoms with Crippen molar-refractivity contribution in [1.29, 1.82) is 0 Å². The number of nitrogens with zero attached hydrogens (tertiary/aromatic N) is 1. The number of hydrogen-bond donors (Lipinski definition) is 1. The van der Waals surface area contributed by atoms with Gasteiger partial charge in [0.1, 0.15) is 6.54 Å². The lowest BCUT2D eigenvalue weighted by Gasteiger charge is -2.23. The Labute approximate surface area is 203 Å². The van der Waals surface area contributed by atoms with E-state index >= 15 is 0 Å². The Balaban J connectivity index is 1.98. The summed E-state index contributed by atoms with van der Waals surface area (Å²) in [6.07, 6.45) is -3.98. The van der Waals surface area contributed by atoms with Crippen LogP contribution in [-0.4, -0.2) is 39.4 Å². The molecule has 0 aliphatic heterocycles. The number of thioether (sulfide) groups is 1. The van der Waals surface area contributed by atoms with Crippen molar-refractivity contribution in [3.05, 3.63) is 62.6 Å². The molecule has 0 atom stereocenters. The fraction of sp³-hybridized carbons (Fsp3) is 0.316. The average Bonchev–Trinajstić information content (AvgIpc) is 2.66. The van der Waals surface area contributed by atoms with Crippen LogP contribution in [0, 0.1) is 0 Å². The molecule has 0 aliphatic carbocycles. The second kappa shape index (κ2) is 11.2. The lowest BCUT2D eigenvalue weighted by molar-refractivity contribution is -0.137. The van der Waals surface area contributed by atoms with E-state index in [-0.39, 0.29) is 12.2 Å². The summed E-state index contributed by atoms with van der Waals surface area (Å²) in [6, 6.07) is 7.80. The van der Waals surface area contributed by atoms with E-state index in [1.807, 2.05) is 0 Å². The largest absolute Gasteiger partial charge is 0.417 e. The number of benzene rings is 2. The Morgan fingerprint density at radius 3 is 2.28 bits per heavy atom. The molecule has 0 saturated carbocycles. The van der Waals surface area contributed by atoms with Gasteiger partial charge in [0.15, 0.2) is 0 Å². The molecule has 0 spiro atoms. The summed E-state index contributed by atoms with van der Waals surface area (Å²) in [5, 5.41) is 3.03. The summed E-state index contributed by atoms with van der Waals surface area (Å²) >= 11 is 19.2. The number of carbonyl (C=O) groups is 1. The molecule has 0 fully saturated rings. The molecule has 1 N–H and O–H groups in total. The molecule has 0 bridgehead atoms. The first-order valence-corrected chi connectivity index (χ1v) is 13.1. The zero-order valence-corrected chi connectivity index (χ0v) is 20.4. The van der Waals surface area contributed by atoms with Crippen molar-refractivity contribution in [2.75, 3.05) is 29.4 Å². The van der Waals surface area contributed by atoms with Crippen LogP contribution in [0.2, 0.25) is 15.1 Å². The molecule has 0 unspecified atom stereocenters. The van der Waals surface area contributed by atoms with Crippen LogP contribution >= 0.6 is 46.6 Å². The SMILES string of the molecule is CS(=O)(=O)N(CC(=O)NCCSCc1c(Cl)cccc1Cl)c1ccc(Cl)c(C(F)(F)F)c1. The van der Waals surface area contributed by atoms with E-state index < -0.39 is 39.2 Å². The molecular weight excluding hydrogens is 532 g/mol. The zero-order chi connectivity index (χ0) is 24.1. The van der Waals surface area contributed by atoms with E-state index in [4.69, 9.17) is 34.8 Å². The number of alkyl halides is 3. The molecule has 2 aromatic rings. The van der Waals surface area contributed by atoms with E-state index in [1.165, 1.54) is 11.8 Å². The number of carbonyl (C=O) groups excluding carboxylic acids is 1. The van der Waals surface area contributed by atoms with Gasteiger partial charge in [0.05, 0.1) is 22.5 Å². The summed E-state index contributed by atoms with van der Waals surface area (Å²) in [5.41, 5.74) is -0.749. The minimum absolute atomic E-state index is 0.206. The fourth-order valence-corrected chi connectivity index (χ4v) is 5.25. The van der Waals surface area contributed by atoms with Gasteiger partial charge in [-0.3, -0.25) is 9.10 Å². The number of nitrogens with one attached hydrogen (secondary N) is 1. The summed E-state index contributed by atoms with van der Waals surface area (Å²) in [7, 11) is -4.04. The molecule has 5 nitrogen and oxygen atoms in total. The van der Waals surface area contributed by atoms with Crippen LogP contribution in [0.4, 0.5) is 18.9 Å². The van der Waals surface area contributed by atoms with Crippen molar-refractivity contribution in [2.24, 2.45) is 0 Å². The molecule has 0 aliphatic rings. The van der Waals surface area contributed by atoms with E-state index in [1.54, 1.807) is 18.2 Å². The van der Waals surface area contributed by atoms with Crippen LogP contribution in [-0.2, 0) is 26.7 Å². The van der Waals surface area contributed by atoms with E-state index in [0.29, 0.717) is 31.9 Å². The number of rotatable bonds is 9. The summed E-state index contributed by atoms with van der Waals surface area (Å²) < 4.78 is 64.2. The number of halogens is 6. The van der Waals surface area contributed by atoms with Crippen LogP contribution in [0.25, 0.3) is 0 Å². The molecule has 0 radical (unpaired) electrons. The first kappa shape index (κ1) is 26.9. The molecule has 0 heterocycles. The van der Waals surface area contributed by atoms with E-state index in [2.05, 4.69) is 5.32 Å². The molecule has 13 heteroatoms. The lowest BCUT2D eigenvalue weighted by atomic mass is 10.2. The Morgan fingerprint density at radius 2 is 1.72 bits per heavy atom. The summed E-state index contributed by atoms with van der Waals surface area (Å²) in [4.78, 5) is 12.2. The standard InChI is InChI=1S/C19H18Cl3F3N2O3S2/c1-32(29,30)27(12-5-6-17(22)14(9-12)19(23,24)25)10-18(28)26-7-8-31-11-13-15(20)3-2-4-16(13)21/h2-6,9H,7-8,10-11H2,1H3,(H,26,28). The maximum absolute atomic E-state index is 13.1. The monoisotopic (exact) mass is 548 g/mol. The second-order valence-corrected chi connectivity index (χ2v) is 10.8. The molecular formula is C19H18Cl3F3N2O3S2. The van der Waals surface area contributed by atoms with E-state index in [9.17, 15) is 26.4 Å². The highest BCUT2D eigenvalue weighted by Gasteiger charge is 2.34. The number of amides is 1. The number of sulfonamides is 1. The third kappa shape index (κ3) is 7.62. The van der Waals surface area contributed by atoms with Gasteiger partial charge in [0, 0.05) is 28.1 Å². The quantitative estimate of drug-likeness (QED) is 0.421. The smallest absolute Gasteiger partial charge is 0.354 e. The van der Waals surface area contributed by atoms with Gasteiger partial charge in [0.2, 0.25) is 15.9 Å². The van der Waals surface area contributed by atoms with Crippen molar-refractivity contribution in [3.8, 4) is 0 Å². The predicted octanol–water partition coefficient (Wildman–Crippen LogP) is 5.48. The molecule has 2 rings (SSSR count). The Hall–Kier alpha value is -1.33. The lowest BCUT2D eigenvalue weighted by Crippen LogP contribution is -2.41. The third-order valence-corrected chi connectivity index (χ3v) is 7.27. The molecule has 1 amide bonds. The normalized spacial score (nSPS) is 12.0. The minimum atomic E-state index is -4.78. The van der Waals surface area contributed by atoms with Crippen molar-refractivity contribution in [3.63, 3.8) is 0 Å². The van der Waals surface area contributed by atoms with Crippen LogP contribution in [0.1, 0.15) is 11.1 Å². The molecule has 0 saturated heterocycles. The predicted molar refractivity (Wildman–Crippen MR) is 124 cm³/mol. The number of hydrogen-bond acceptors (Lipinski definition) is 4. The van der Waals surface area contributed by atoms with Gasteiger partial charge in [-0.15, -0.1) is 0 Å². The molecule has 2 aromatic carbocycles. The first-order valence-electron chi connectivity index (χ1n) is 8.92. The maximum Gasteiger partial charge on any atom is 0.417 e. The summed E-state index contributed by atoms with van der Waals surface area (Å²) in [5.74, 6) is 0.315. The van der Waals surface area contributed by atoms with Crippen molar-refractivity contribution < 1.29 is 26.4 Å². The van der Waals surface area contributed by atoms with Crippen LogP contribution in [0.3, 0.4) is 0 Å². The molecule has 32 heavy (non-hydrogen) atoms. The Morgan fingerprint density at radius 1 is 1.09 bits per heavy atom. The minimum Gasteiger partial charge on any atom is -0.354 e. The van der Waals surface area contributed by atoms with Gasteiger partial charge in [-0.05, 0) is 35.9 Å². The van der Waals surface area contributed by atoms with Crippen molar-refractivity contribution in [1.82, 2.24) is 5.32 Å². The highest BCUT2D eigenvalue weighted by Crippen LogP contribution is 2.37. The van der Waals surface area contributed by atoms with Gasteiger partial charge >= 0.3 is 6.18 Å². The highest BCUT2D eigenvalue weighted by molar-refractivity contribution is 7.98. The topological polar surface area (TPSA) is 66.5 Å². The van der Waals surface area contributed by atoms with E-state index in [0.717, 1.165) is 24.0 Å². The zero-order valence-electron chi connectivity index (χ0n) is 16.5. The van der Waals surface area contributed by atoms with Gasteiger partial charge in [0.25, 0.3) is 0 Å². The average molecular weight is 550 g/mol. The highest BCUT2D eigenvalue weighted by atomic mass is 35.5.